The van der Waals surface area contributed by atoms with E-state index in [1.165, 1.54) is 0 Å². The van der Waals surface area contributed by atoms with E-state index in [1.54, 1.807) is 10.9 Å². The van der Waals surface area contributed by atoms with Crippen LogP contribution in [0.1, 0.15) is 11.1 Å². The third-order valence-corrected chi connectivity index (χ3v) is 3.00. The van der Waals surface area contributed by atoms with E-state index in [0.717, 1.165) is 11.1 Å². The maximum Gasteiger partial charge on any atom is 0.137 e. The molecule has 0 atom stereocenters. The number of hydrogen-bond acceptors (Lipinski definition) is 4. The van der Waals surface area contributed by atoms with Crippen LogP contribution in [0.25, 0.3) is 11.3 Å². The van der Waals surface area contributed by atoms with Gasteiger partial charge in [0.2, 0.25) is 0 Å². The fourth-order valence-electron chi connectivity index (χ4n) is 2.02. The monoisotopic (exact) mass is 264 g/mol. The summed E-state index contributed by atoms with van der Waals surface area (Å²) >= 11 is 0. The van der Waals surface area contributed by atoms with E-state index in [-0.39, 0.29) is 5.82 Å². The van der Waals surface area contributed by atoms with Gasteiger partial charge in [0.1, 0.15) is 23.1 Å². The Bertz CT molecular complexity index is 763. The molecule has 0 bridgehead atoms. The lowest BCUT2D eigenvalue weighted by molar-refractivity contribution is 0.687. The van der Waals surface area contributed by atoms with Crippen LogP contribution in [0.4, 0.5) is 5.82 Å². The molecule has 0 aliphatic rings. The maximum absolute atomic E-state index is 9.07. The summed E-state index contributed by atoms with van der Waals surface area (Å²) < 4.78 is 1.80. The first-order valence-corrected chi connectivity index (χ1v) is 6.08. The highest BCUT2D eigenvalue weighted by molar-refractivity contribution is 5.71. The van der Waals surface area contributed by atoms with Gasteiger partial charge in [0.15, 0.2) is 0 Å². The summed E-state index contributed by atoms with van der Waals surface area (Å²) in [6.07, 6.45) is 3.53. The van der Waals surface area contributed by atoms with E-state index < -0.39 is 0 Å². The summed E-state index contributed by atoms with van der Waals surface area (Å²) in [5.41, 5.74) is 8.46. The lowest BCUT2D eigenvalue weighted by Gasteiger charge is -2.00. The average Bonchev–Trinajstić information content (AvgIpc) is 3.06. The molecule has 0 spiro atoms. The molecule has 0 saturated carbocycles. The molecule has 98 valence electrons. The van der Waals surface area contributed by atoms with Gasteiger partial charge in [0, 0.05) is 11.8 Å². The van der Waals surface area contributed by atoms with Crippen LogP contribution in [0.5, 0.6) is 0 Å². The van der Waals surface area contributed by atoms with E-state index in [4.69, 9.17) is 11.0 Å². The molecule has 6 nitrogen and oxygen atoms in total. The average molecular weight is 264 g/mol. The van der Waals surface area contributed by atoms with Crippen molar-refractivity contribution >= 4 is 5.82 Å². The standard InChI is InChI=1S/C14H12N6/c15-6-12-13(18-19-14(12)16)11-7-17-20(9-11)8-10-4-2-1-3-5-10/h1-5,7,9H,8H2,(H3,16,18,19). The molecule has 2 aromatic heterocycles. The van der Waals surface area contributed by atoms with Gasteiger partial charge in [-0.15, -0.1) is 0 Å². The van der Waals surface area contributed by atoms with Crippen molar-refractivity contribution in [3.8, 4) is 17.3 Å². The van der Waals surface area contributed by atoms with Crippen molar-refractivity contribution in [2.45, 2.75) is 6.54 Å². The first-order chi connectivity index (χ1) is 9.78. The highest BCUT2D eigenvalue weighted by atomic mass is 15.3. The Morgan fingerprint density at radius 2 is 2.10 bits per heavy atom. The van der Waals surface area contributed by atoms with Crippen molar-refractivity contribution in [1.29, 1.82) is 5.26 Å². The number of nitrogens with one attached hydrogen (secondary N) is 1. The largest absolute Gasteiger partial charge is 0.383 e. The minimum atomic E-state index is 0.276. The molecule has 0 aliphatic carbocycles. The van der Waals surface area contributed by atoms with Gasteiger partial charge in [-0.3, -0.25) is 9.78 Å². The van der Waals surface area contributed by atoms with Crippen LogP contribution in [-0.2, 0) is 6.54 Å². The van der Waals surface area contributed by atoms with Gasteiger partial charge in [0.05, 0.1) is 12.7 Å². The topological polar surface area (TPSA) is 96.3 Å². The van der Waals surface area contributed by atoms with Crippen molar-refractivity contribution in [1.82, 2.24) is 20.0 Å². The van der Waals surface area contributed by atoms with Crippen LogP contribution >= 0.6 is 0 Å². The van der Waals surface area contributed by atoms with E-state index in [2.05, 4.69) is 15.3 Å². The summed E-state index contributed by atoms with van der Waals surface area (Å²) in [6, 6.07) is 12.1. The second-order valence-electron chi connectivity index (χ2n) is 4.38. The van der Waals surface area contributed by atoms with Crippen molar-refractivity contribution in [2.75, 3.05) is 5.73 Å². The number of aromatic amines is 1. The van der Waals surface area contributed by atoms with Crippen molar-refractivity contribution in [2.24, 2.45) is 0 Å². The zero-order chi connectivity index (χ0) is 13.9. The molecule has 0 unspecified atom stereocenters. The number of H-pyrrole nitrogens is 1. The Balaban J connectivity index is 1.89. The van der Waals surface area contributed by atoms with Crippen LogP contribution in [-0.4, -0.2) is 20.0 Å². The van der Waals surface area contributed by atoms with E-state index in [9.17, 15) is 0 Å². The first-order valence-electron chi connectivity index (χ1n) is 6.08. The van der Waals surface area contributed by atoms with Gasteiger partial charge in [-0.25, -0.2) is 0 Å². The molecule has 0 amide bonds. The molecule has 0 aliphatic heterocycles. The quantitative estimate of drug-likeness (QED) is 0.753. The zero-order valence-electron chi connectivity index (χ0n) is 10.6. The summed E-state index contributed by atoms with van der Waals surface area (Å²) in [5, 5.41) is 20.0. The number of nitriles is 1. The third-order valence-electron chi connectivity index (χ3n) is 3.00. The van der Waals surface area contributed by atoms with E-state index >= 15 is 0 Å². The molecule has 3 aromatic rings. The molecule has 0 radical (unpaired) electrons. The van der Waals surface area contributed by atoms with Crippen LogP contribution in [0.2, 0.25) is 0 Å². The fraction of sp³-hybridized carbons (Fsp3) is 0.0714. The summed E-state index contributed by atoms with van der Waals surface area (Å²) in [5.74, 6) is 0.276. The number of hydrogen-bond donors (Lipinski definition) is 2. The number of nitrogen functional groups attached to an aromatic ring is 1. The molecule has 3 rings (SSSR count). The van der Waals surface area contributed by atoms with E-state index in [0.29, 0.717) is 17.8 Å². The van der Waals surface area contributed by atoms with Gasteiger partial charge in [-0.1, -0.05) is 30.3 Å². The second-order valence-corrected chi connectivity index (χ2v) is 4.38. The van der Waals surface area contributed by atoms with Crippen molar-refractivity contribution in [3.63, 3.8) is 0 Å². The zero-order valence-corrected chi connectivity index (χ0v) is 10.6. The number of aromatic nitrogens is 4. The summed E-state index contributed by atoms with van der Waals surface area (Å²) in [4.78, 5) is 0. The van der Waals surface area contributed by atoms with Crippen LogP contribution in [0.3, 0.4) is 0 Å². The van der Waals surface area contributed by atoms with Gasteiger partial charge in [-0.05, 0) is 5.56 Å². The molecular weight excluding hydrogens is 252 g/mol. The molecule has 0 fully saturated rings. The Kier molecular flexibility index (Phi) is 2.94. The Hall–Kier alpha value is -3.07. The Morgan fingerprint density at radius 1 is 1.30 bits per heavy atom. The molecule has 0 saturated heterocycles. The van der Waals surface area contributed by atoms with Gasteiger partial charge in [0.25, 0.3) is 0 Å². The first kappa shape index (κ1) is 12.0. The minimum Gasteiger partial charge on any atom is -0.383 e. The SMILES string of the molecule is N#Cc1c(-c2cnn(Cc3ccccc3)c2)n[nH]c1N. The lowest BCUT2D eigenvalue weighted by atomic mass is 10.1. The number of nitrogens with two attached hydrogens (primary N) is 1. The normalized spacial score (nSPS) is 10.3. The highest BCUT2D eigenvalue weighted by Crippen LogP contribution is 2.23. The number of nitrogens with zero attached hydrogens (tertiary/aromatic N) is 4. The predicted molar refractivity (Wildman–Crippen MR) is 74.5 cm³/mol. The van der Waals surface area contributed by atoms with Gasteiger partial charge in [-0.2, -0.15) is 15.5 Å². The van der Waals surface area contributed by atoms with Crippen molar-refractivity contribution < 1.29 is 0 Å². The van der Waals surface area contributed by atoms with E-state index in [1.807, 2.05) is 42.6 Å². The number of rotatable bonds is 3. The molecular formula is C14H12N6. The fourth-order valence-corrected chi connectivity index (χ4v) is 2.02. The van der Waals surface area contributed by atoms with Gasteiger partial charge >= 0.3 is 0 Å². The molecule has 1 aromatic carbocycles. The maximum atomic E-state index is 9.07. The summed E-state index contributed by atoms with van der Waals surface area (Å²) in [7, 11) is 0. The van der Waals surface area contributed by atoms with Crippen molar-refractivity contribution in [3.05, 3.63) is 53.9 Å². The molecule has 20 heavy (non-hydrogen) atoms. The molecule has 6 heteroatoms. The Morgan fingerprint density at radius 3 is 2.85 bits per heavy atom. The Labute approximate surface area is 115 Å². The summed E-state index contributed by atoms with van der Waals surface area (Å²) in [6.45, 7) is 0.669. The van der Waals surface area contributed by atoms with Crippen LogP contribution in [0, 0.1) is 11.3 Å². The van der Waals surface area contributed by atoms with Crippen LogP contribution in [0.15, 0.2) is 42.7 Å². The number of anilines is 1. The highest BCUT2D eigenvalue weighted by Gasteiger charge is 2.14. The smallest absolute Gasteiger partial charge is 0.137 e. The molecule has 2 heterocycles. The lowest BCUT2D eigenvalue weighted by Crippen LogP contribution is -1.99. The third kappa shape index (κ3) is 2.12. The second kappa shape index (κ2) is 4.90. The van der Waals surface area contributed by atoms with Gasteiger partial charge < -0.3 is 5.73 Å². The van der Waals surface area contributed by atoms with Crippen LogP contribution < -0.4 is 5.73 Å². The minimum absolute atomic E-state index is 0.276. The predicted octanol–water partition coefficient (Wildman–Crippen LogP) is 1.78. The number of benzene rings is 1. The molecule has 3 N–H and O–H groups in total.